The number of nitrogens with zero attached hydrogens (tertiary/aromatic N) is 4. The minimum atomic E-state index is -3.42. The fourth-order valence-electron chi connectivity index (χ4n) is 3.43. The number of fused-ring (bicyclic) bond motifs is 1. The monoisotopic (exact) mass is 498 g/mol. The Kier molecular flexibility index (Phi) is 6.99. The van der Waals surface area contributed by atoms with E-state index in [1.807, 2.05) is 37.4 Å². The maximum absolute atomic E-state index is 13.6. The Hall–Kier alpha value is -3.24. The highest BCUT2D eigenvalue weighted by molar-refractivity contribution is 7.92. The van der Waals surface area contributed by atoms with Gasteiger partial charge >= 0.3 is 0 Å². The average Bonchev–Trinajstić information content (AvgIpc) is 3.50. The SMILES string of the molecule is CCOc1cccc2sc(N(CCn3cccn3)C(=O)c3ccc(S(=O)(=O)C(C)C)cc3)nc12. The van der Waals surface area contributed by atoms with Crippen molar-refractivity contribution in [3.63, 3.8) is 0 Å². The van der Waals surface area contributed by atoms with Crippen LogP contribution in [0.2, 0.25) is 0 Å². The van der Waals surface area contributed by atoms with Crippen LogP contribution in [-0.4, -0.2) is 47.5 Å². The molecule has 2 aromatic heterocycles. The summed E-state index contributed by atoms with van der Waals surface area (Å²) < 4.78 is 33.3. The Balaban J connectivity index is 1.69. The first kappa shape index (κ1) is 23.9. The molecule has 0 aliphatic carbocycles. The fraction of sp³-hybridized carbons (Fsp3) is 0.292. The second kappa shape index (κ2) is 9.94. The van der Waals surface area contributed by atoms with Crippen molar-refractivity contribution in [1.29, 1.82) is 0 Å². The summed E-state index contributed by atoms with van der Waals surface area (Å²) >= 11 is 1.41. The van der Waals surface area contributed by atoms with Crippen LogP contribution in [0.1, 0.15) is 31.1 Å². The molecule has 4 aromatic rings. The third kappa shape index (κ3) is 4.83. The lowest BCUT2D eigenvalue weighted by molar-refractivity contribution is 0.0985. The van der Waals surface area contributed by atoms with Crippen molar-refractivity contribution in [2.45, 2.75) is 37.5 Å². The number of amides is 1. The molecule has 0 atom stereocenters. The number of hydrogen-bond acceptors (Lipinski definition) is 7. The molecule has 0 N–H and O–H groups in total. The van der Waals surface area contributed by atoms with Crippen molar-refractivity contribution in [2.75, 3.05) is 18.1 Å². The number of para-hydroxylation sites is 1. The zero-order chi connectivity index (χ0) is 24.3. The van der Waals surface area contributed by atoms with Crippen molar-refractivity contribution in [3.8, 4) is 5.75 Å². The molecule has 0 spiro atoms. The summed E-state index contributed by atoms with van der Waals surface area (Å²) in [6.45, 7) is 6.52. The molecule has 0 fully saturated rings. The largest absolute Gasteiger partial charge is 0.492 e. The van der Waals surface area contributed by atoms with Gasteiger partial charge in [-0.1, -0.05) is 17.4 Å². The molecule has 0 saturated heterocycles. The highest BCUT2D eigenvalue weighted by Crippen LogP contribution is 2.35. The number of rotatable bonds is 9. The topological polar surface area (TPSA) is 94.4 Å². The third-order valence-corrected chi connectivity index (χ3v) is 8.52. The molecule has 0 aliphatic heterocycles. The van der Waals surface area contributed by atoms with E-state index in [1.165, 1.54) is 23.5 Å². The van der Waals surface area contributed by atoms with Gasteiger partial charge in [0, 0.05) is 24.5 Å². The van der Waals surface area contributed by atoms with E-state index >= 15 is 0 Å². The first-order chi connectivity index (χ1) is 16.3. The standard InChI is InChI=1S/C24H26N4O4S2/c1-4-32-20-7-5-8-21-22(20)26-24(33-21)28(16-15-27-14-6-13-25-27)23(29)18-9-11-19(12-10-18)34(30,31)17(2)3/h5-14,17H,4,15-16H2,1-3H3. The summed E-state index contributed by atoms with van der Waals surface area (Å²) in [5.74, 6) is 0.405. The summed E-state index contributed by atoms with van der Waals surface area (Å²) in [5, 5.41) is 4.23. The van der Waals surface area contributed by atoms with Gasteiger partial charge in [0.15, 0.2) is 15.0 Å². The summed E-state index contributed by atoms with van der Waals surface area (Å²) in [5.41, 5.74) is 1.09. The highest BCUT2D eigenvalue weighted by Gasteiger charge is 2.24. The molecule has 178 valence electrons. The Bertz CT molecular complexity index is 1380. The molecular weight excluding hydrogens is 472 g/mol. The Morgan fingerprint density at radius 3 is 2.56 bits per heavy atom. The van der Waals surface area contributed by atoms with Crippen LogP contribution in [0.25, 0.3) is 10.2 Å². The van der Waals surface area contributed by atoms with Gasteiger partial charge in [-0.15, -0.1) is 0 Å². The van der Waals surface area contributed by atoms with E-state index in [0.717, 1.165) is 4.70 Å². The van der Waals surface area contributed by atoms with Gasteiger partial charge in [0.1, 0.15) is 11.3 Å². The average molecular weight is 499 g/mol. The summed E-state index contributed by atoms with van der Waals surface area (Å²) in [4.78, 5) is 20.1. The van der Waals surface area contributed by atoms with Crippen LogP contribution in [-0.2, 0) is 16.4 Å². The third-order valence-electron chi connectivity index (χ3n) is 5.31. The van der Waals surface area contributed by atoms with Gasteiger partial charge in [-0.3, -0.25) is 14.4 Å². The summed E-state index contributed by atoms with van der Waals surface area (Å²) in [6.07, 6.45) is 3.52. The lowest BCUT2D eigenvalue weighted by Crippen LogP contribution is -2.34. The van der Waals surface area contributed by atoms with Crippen LogP contribution < -0.4 is 9.64 Å². The van der Waals surface area contributed by atoms with E-state index in [1.54, 1.807) is 41.8 Å². The number of carbonyl (C=O) groups is 1. The number of ether oxygens (including phenoxy) is 1. The van der Waals surface area contributed by atoms with Gasteiger partial charge in [0.05, 0.1) is 28.0 Å². The molecule has 1 amide bonds. The molecule has 0 bridgehead atoms. The summed E-state index contributed by atoms with van der Waals surface area (Å²) in [7, 11) is -3.42. The maximum atomic E-state index is 13.6. The van der Waals surface area contributed by atoms with Crippen molar-refractivity contribution >= 4 is 42.4 Å². The van der Waals surface area contributed by atoms with Crippen LogP contribution in [0, 0.1) is 0 Å². The molecule has 0 aliphatic rings. The predicted molar refractivity (Wildman–Crippen MR) is 133 cm³/mol. The lowest BCUT2D eigenvalue weighted by atomic mass is 10.2. The first-order valence-electron chi connectivity index (χ1n) is 11.0. The van der Waals surface area contributed by atoms with E-state index < -0.39 is 15.1 Å². The predicted octanol–water partition coefficient (Wildman–Crippen LogP) is 4.42. The maximum Gasteiger partial charge on any atom is 0.260 e. The van der Waals surface area contributed by atoms with Gasteiger partial charge in [0.2, 0.25) is 0 Å². The fourth-order valence-corrected chi connectivity index (χ4v) is 5.50. The van der Waals surface area contributed by atoms with Crippen LogP contribution >= 0.6 is 11.3 Å². The van der Waals surface area contributed by atoms with E-state index in [0.29, 0.717) is 41.7 Å². The van der Waals surface area contributed by atoms with Crippen LogP contribution in [0.3, 0.4) is 0 Å². The van der Waals surface area contributed by atoms with Gasteiger partial charge in [-0.05, 0) is 63.2 Å². The van der Waals surface area contributed by atoms with Gasteiger partial charge in [0.25, 0.3) is 5.91 Å². The molecule has 8 nitrogen and oxygen atoms in total. The number of benzene rings is 2. The van der Waals surface area contributed by atoms with Crippen LogP contribution in [0.4, 0.5) is 5.13 Å². The quantitative estimate of drug-likeness (QED) is 0.339. The number of hydrogen-bond donors (Lipinski definition) is 0. The van der Waals surface area contributed by atoms with Crippen LogP contribution in [0.15, 0.2) is 65.8 Å². The molecule has 34 heavy (non-hydrogen) atoms. The molecule has 2 heterocycles. The molecule has 0 saturated carbocycles. The zero-order valence-electron chi connectivity index (χ0n) is 19.2. The number of thiazole rings is 1. The normalized spacial score (nSPS) is 11.8. The van der Waals surface area contributed by atoms with Crippen molar-refractivity contribution in [3.05, 3.63) is 66.5 Å². The van der Waals surface area contributed by atoms with E-state index in [4.69, 9.17) is 9.72 Å². The Morgan fingerprint density at radius 1 is 1.15 bits per heavy atom. The second-order valence-electron chi connectivity index (χ2n) is 7.88. The lowest BCUT2D eigenvalue weighted by Gasteiger charge is -2.20. The minimum absolute atomic E-state index is 0.198. The molecule has 0 unspecified atom stereocenters. The second-order valence-corrected chi connectivity index (χ2v) is 11.4. The molecular formula is C24H26N4O4S2. The molecule has 4 rings (SSSR count). The molecule has 10 heteroatoms. The van der Waals surface area contributed by atoms with Crippen LogP contribution in [0.5, 0.6) is 5.75 Å². The van der Waals surface area contributed by atoms with Gasteiger partial charge in [-0.25, -0.2) is 13.4 Å². The molecule has 2 aromatic carbocycles. The smallest absolute Gasteiger partial charge is 0.260 e. The minimum Gasteiger partial charge on any atom is -0.492 e. The summed E-state index contributed by atoms with van der Waals surface area (Å²) in [6, 6.07) is 13.6. The zero-order valence-corrected chi connectivity index (χ0v) is 20.8. The number of carbonyl (C=O) groups excluding carboxylic acids is 1. The number of aromatic nitrogens is 3. The van der Waals surface area contributed by atoms with E-state index in [-0.39, 0.29) is 10.8 Å². The Labute approximate surface area is 202 Å². The van der Waals surface area contributed by atoms with Crippen molar-refractivity contribution in [1.82, 2.24) is 14.8 Å². The van der Waals surface area contributed by atoms with Gasteiger partial charge < -0.3 is 4.74 Å². The highest BCUT2D eigenvalue weighted by atomic mass is 32.2. The number of anilines is 1. The van der Waals surface area contributed by atoms with Crippen molar-refractivity contribution in [2.24, 2.45) is 0 Å². The number of sulfone groups is 1. The first-order valence-corrected chi connectivity index (χ1v) is 13.3. The van der Waals surface area contributed by atoms with Crippen molar-refractivity contribution < 1.29 is 17.9 Å². The van der Waals surface area contributed by atoms with Gasteiger partial charge in [-0.2, -0.15) is 5.10 Å². The van der Waals surface area contributed by atoms with E-state index in [9.17, 15) is 13.2 Å². The Morgan fingerprint density at radius 2 is 1.91 bits per heavy atom. The van der Waals surface area contributed by atoms with E-state index in [2.05, 4.69) is 5.10 Å². The molecule has 0 radical (unpaired) electrons.